The zero-order valence-corrected chi connectivity index (χ0v) is 12.1. The molecule has 0 radical (unpaired) electrons. The molecule has 4 aliphatic carbocycles. The molecule has 0 saturated heterocycles. The number of hydrogen-bond acceptors (Lipinski definition) is 2. The first kappa shape index (κ1) is 12.6. The molecule has 0 aromatic carbocycles. The van der Waals surface area contributed by atoms with Gasteiger partial charge in [0.25, 0.3) is 0 Å². The van der Waals surface area contributed by atoms with Crippen LogP contribution in [0, 0.1) is 17.3 Å². The van der Waals surface area contributed by atoms with E-state index < -0.39 is 0 Å². The molecule has 0 heterocycles. The fourth-order valence-corrected chi connectivity index (χ4v) is 4.99. The van der Waals surface area contributed by atoms with Crippen molar-refractivity contribution in [1.29, 1.82) is 0 Å². The fourth-order valence-electron chi connectivity index (χ4n) is 4.99. The highest BCUT2D eigenvalue weighted by Gasteiger charge is 2.51. The lowest BCUT2D eigenvalue weighted by atomic mass is 9.60. The van der Waals surface area contributed by atoms with Crippen molar-refractivity contribution in [2.24, 2.45) is 17.3 Å². The van der Waals surface area contributed by atoms with Gasteiger partial charge in [0.1, 0.15) is 0 Å². The lowest BCUT2D eigenvalue weighted by molar-refractivity contribution is -0.114. The van der Waals surface area contributed by atoms with E-state index in [0.29, 0.717) is 24.0 Å². The van der Waals surface area contributed by atoms with E-state index in [1.54, 1.807) is 0 Å². The summed E-state index contributed by atoms with van der Waals surface area (Å²) in [5, 5.41) is 10.3. The summed E-state index contributed by atoms with van der Waals surface area (Å²) in [7, 11) is 0. The summed E-state index contributed by atoms with van der Waals surface area (Å²) in [6.45, 7) is 2.23. The molecule has 4 unspecified atom stereocenters. The number of carbonyl (C=O) groups excluding carboxylic acids is 1. The number of aliphatic hydroxyl groups excluding tert-OH is 1. The number of allylic oxidation sites excluding steroid dienone is 5. The van der Waals surface area contributed by atoms with Gasteiger partial charge in [-0.15, -0.1) is 0 Å². The van der Waals surface area contributed by atoms with Crippen LogP contribution in [-0.2, 0) is 4.79 Å². The van der Waals surface area contributed by atoms with E-state index in [4.69, 9.17) is 0 Å². The number of fused-ring (bicyclic) bond motifs is 4. The topological polar surface area (TPSA) is 37.3 Å². The van der Waals surface area contributed by atoms with Gasteiger partial charge >= 0.3 is 0 Å². The van der Waals surface area contributed by atoms with E-state index >= 15 is 0 Å². The van der Waals surface area contributed by atoms with Crippen LogP contribution in [0.2, 0.25) is 0 Å². The molecule has 1 saturated carbocycles. The Kier molecular flexibility index (Phi) is 2.62. The van der Waals surface area contributed by atoms with Crippen molar-refractivity contribution in [3.05, 3.63) is 34.9 Å². The van der Waals surface area contributed by atoms with Crippen LogP contribution in [0.15, 0.2) is 34.9 Å². The summed E-state index contributed by atoms with van der Waals surface area (Å²) >= 11 is 0. The fraction of sp³-hybridized carbons (Fsp3) is 0.611. The lowest BCUT2D eigenvalue weighted by Gasteiger charge is -2.44. The Morgan fingerprint density at radius 2 is 2.05 bits per heavy atom. The molecular weight excluding hydrogens is 248 g/mol. The van der Waals surface area contributed by atoms with Crippen LogP contribution in [0.25, 0.3) is 0 Å². The van der Waals surface area contributed by atoms with Gasteiger partial charge in [0, 0.05) is 11.8 Å². The van der Waals surface area contributed by atoms with Gasteiger partial charge in [-0.1, -0.05) is 19.1 Å². The third kappa shape index (κ3) is 1.57. The summed E-state index contributed by atoms with van der Waals surface area (Å²) in [6, 6.07) is 0. The number of hydrogen-bond donors (Lipinski definition) is 1. The number of carbonyl (C=O) groups is 1. The third-order valence-corrected chi connectivity index (χ3v) is 6.19. The molecule has 0 aromatic heterocycles. The second kappa shape index (κ2) is 4.17. The Bertz CT molecular complexity index is 566. The van der Waals surface area contributed by atoms with Gasteiger partial charge in [0.2, 0.25) is 0 Å². The molecule has 0 aromatic rings. The van der Waals surface area contributed by atoms with E-state index in [-0.39, 0.29) is 11.5 Å². The third-order valence-electron chi connectivity index (χ3n) is 6.19. The van der Waals surface area contributed by atoms with Crippen LogP contribution >= 0.6 is 0 Å². The minimum Gasteiger partial charge on any atom is -0.392 e. The Labute approximate surface area is 120 Å². The lowest BCUT2D eigenvalue weighted by Crippen LogP contribution is -2.39. The Morgan fingerprint density at radius 1 is 1.20 bits per heavy atom. The zero-order chi connectivity index (χ0) is 13.9. The molecular formula is C18H22O2. The first-order valence-corrected chi connectivity index (χ1v) is 7.94. The molecule has 0 amide bonds. The van der Waals surface area contributed by atoms with E-state index in [1.165, 1.54) is 16.7 Å². The second-order valence-corrected chi connectivity index (χ2v) is 7.11. The van der Waals surface area contributed by atoms with Crippen molar-refractivity contribution < 1.29 is 9.90 Å². The standard InChI is InChI=1S/C18H22O2/c1-18-9-8-14-13-5-3-12(19)10-11(13)2-4-15(14)16(18)6-7-17(18)20/h8-10,15-17,20H,2-7H2,1H3. The first-order valence-electron chi connectivity index (χ1n) is 7.94. The van der Waals surface area contributed by atoms with Gasteiger partial charge in [-0.2, -0.15) is 0 Å². The molecule has 1 N–H and O–H groups in total. The summed E-state index contributed by atoms with van der Waals surface area (Å²) in [4.78, 5) is 11.6. The molecule has 2 heteroatoms. The molecule has 106 valence electrons. The highest BCUT2D eigenvalue weighted by atomic mass is 16.3. The summed E-state index contributed by atoms with van der Waals surface area (Å²) in [6.07, 6.45) is 12.1. The second-order valence-electron chi connectivity index (χ2n) is 7.11. The monoisotopic (exact) mass is 270 g/mol. The molecule has 2 nitrogen and oxygen atoms in total. The Hall–Kier alpha value is -1.15. The highest BCUT2D eigenvalue weighted by molar-refractivity contribution is 5.93. The van der Waals surface area contributed by atoms with E-state index in [2.05, 4.69) is 19.1 Å². The SMILES string of the molecule is CC12C=CC3=C4CCC(=O)C=C4CCC3C1CCC2O. The number of rotatable bonds is 0. The van der Waals surface area contributed by atoms with Crippen molar-refractivity contribution in [3.8, 4) is 0 Å². The van der Waals surface area contributed by atoms with Crippen molar-refractivity contribution >= 4 is 5.78 Å². The summed E-state index contributed by atoms with van der Waals surface area (Å²) in [5.74, 6) is 1.48. The van der Waals surface area contributed by atoms with Gasteiger partial charge < -0.3 is 5.11 Å². The van der Waals surface area contributed by atoms with Crippen molar-refractivity contribution in [2.45, 2.75) is 51.6 Å². The normalized spacial score (nSPS) is 43.0. The minimum atomic E-state index is -0.180. The maximum Gasteiger partial charge on any atom is 0.156 e. The average Bonchev–Trinajstić information content (AvgIpc) is 2.74. The van der Waals surface area contributed by atoms with Gasteiger partial charge in [-0.25, -0.2) is 0 Å². The van der Waals surface area contributed by atoms with Crippen LogP contribution in [0.3, 0.4) is 0 Å². The van der Waals surface area contributed by atoms with Crippen molar-refractivity contribution in [1.82, 2.24) is 0 Å². The van der Waals surface area contributed by atoms with E-state index in [0.717, 1.165) is 32.1 Å². The highest BCUT2D eigenvalue weighted by Crippen LogP contribution is 2.57. The quantitative estimate of drug-likeness (QED) is 0.733. The van der Waals surface area contributed by atoms with Crippen LogP contribution in [0.1, 0.15) is 45.4 Å². The molecule has 4 aliphatic rings. The molecule has 0 bridgehead atoms. The summed E-state index contributed by atoms with van der Waals surface area (Å²) < 4.78 is 0. The predicted molar refractivity (Wildman–Crippen MR) is 78.1 cm³/mol. The van der Waals surface area contributed by atoms with Crippen LogP contribution in [0.5, 0.6) is 0 Å². The predicted octanol–water partition coefficient (Wildman–Crippen LogP) is 3.33. The van der Waals surface area contributed by atoms with Crippen LogP contribution in [-0.4, -0.2) is 17.0 Å². The minimum absolute atomic E-state index is 0.0274. The Morgan fingerprint density at radius 3 is 2.90 bits per heavy atom. The molecule has 0 aliphatic heterocycles. The zero-order valence-electron chi connectivity index (χ0n) is 12.1. The van der Waals surface area contributed by atoms with E-state index in [1.807, 2.05) is 6.08 Å². The average molecular weight is 270 g/mol. The number of ketones is 1. The van der Waals surface area contributed by atoms with Gasteiger partial charge in [0.05, 0.1) is 6.10 Å². The maximum absolute atomic E-state index is 11.6. The Balaban J connectivity index is 1.82. The molecule has 4 rings (SSSR count). The van der Waals surface area contributed by atoms with Gasteiger partial charge in [-0.3, -0.25) is 4.79 Å². The van der Waals surface area contributed by atoms with Crippen molar-refractivity contribution in [2.75, 3.05) is 0 Å². The van der Waals surface area contributed by atoms with Crippen molar-refractivity contribution in [3.63, 3.8) is 0 Å². The molecule has 4 atom stereocenters. The van der Waals surface area contributed by atoms with Crippen LogP contribution in [0.4, 0.5) is 0 Å². The van der Waals surface area contributed by atoms with Gasteiger partial charge in [-0.05, 0) is 66.7 Å². The smallest absolute Gasteiger partial charge is 0.156 e. The maximum atomic E-state index is 11.6. The molecule has 20 heavy (non-hydrogen) atoms. The molecule has 0 spiro atoms. The summed E-state index contributed by atoms with van der Waals surface area (Å²) in [5.41, 5.74) is 4.19. The largest absolute Gasteiger partial charge is 0.392 e. The number of aliphatic hydroxyl groups is 1. The molecule has 1 fully saturated rings. The van der Waals surface area contributed by atoms with Crippen LogP contribution < -0.4 is 0 Å². The van der Waals surface area contributed by atoms with E-state index in [9.17, 15) is 9.90 Å². The van der Waals surface area contributed by atoms with Gasteiger partial charge in [0.15, 0.2) is 5.78 Å². The first-order chi connectivity index (χ1) is 9.59.